The first kappa shape index (κ1) is 17.9. The molecule has 2 N–H and O–H groups in total. The Hall–Kier alpha value is -2.40. The Morgan fingerprint density at radius 1 is 1.25 bits per heavy atom. The highest BCUT2D eigenvalue weighted by atomic mass is 19.1. The van der Waals surface area contributed by atoms with Crippen LogP contribution < -0.4 is 15.0 Å². The Labute approximate surface area is 142 Å². The summed E-state index contributed by atoms with van der Waals surface area (Å²) in [4.78, 5) is 13.2. The summed E-state index contributed by atoms with van der Waals surface area (Å²) in [7, 11) is 3.45. The van der Waals surface area contributed by atoms with Crippen molar-refractivity contribution in [2.75, 3.05) is 26.0 Å². The van der Waals surface area contributed by atoms with Crippen LogP contribution in [0.25, 0.3) is 0 Å². The van der Waals surface area contributed by atoms with Crippen LogP contribution in [0.1, 0.15) is 16.7 Å². The largest absolute Gasteiger partial charge is 0.496 e. The molecule has 0 aliphatic rings. The van der Waals surface area contributed by atoms with E-state index in [2.05, 4.69) is 5.32 Å². The molecule has 0 saturated heterocycles. The number of methoxy groups -OCH3 is 1. The van der Waals surface area contributed by atoms with Crippen molar-refractivity contribution in [3.63, 3.8) is 0 Å². The minimum atomic E-state index is -0.307. The number of hydrogen-bond donors (Lipinski definition) is 2. The summed E-state index contributed by atoms with van der Waals surface area (Å²) in [6, 6.07) is 10.2. The first-order valence-corrected chi connectivity index (χ1v) is 7.90. The van der Waals surface area contributed by atoms with Gasteiger partial charge in [0.15, 0.2) is 6.54 Å². The number of ether oxygens (including phenoxy) is 1. The molecule has 0 saturated carbocycles. The fourth-order valence-electron chi connectivity index (χ4n) is 2.63. The highest BCUT2D eigenvalue weighted by Gasteiger charge is 2.15. The molecule has 4 nitrogen and oxygen atoms in total. The van der Waals surface area contributed by atoms with Crippen molar-refractivity contribution in [2.24, 2.45) is 0 Å². The number of anilines is 1. The van der Waals surface area contributed by atoms with Gasteiger partial charge in [0, 0.05) is 5.69 Å². The van der Waals surface area contributed by atoms with Gasteiger partial charge in [0.05, 0.1) is 19.7 Å². The van der Waals surface area contributed by atoms with E-state index in [9.17, 15) is 9.18 Å². The summed E-state index contributed by atoms with van der Waals surface area (Å²) < 4.78 is 18.7. The smallest absolute Gasteiger partial charge is 0.279 e. The number of halogens is 1. The number of quaternary nitrogens is 1. The lowest BCUT2D eigenvalue weighted by atomic mass is 10.1. The minimum Gasteiger partial charge on any atom is -0.496 e. The standard InChI is InChI=1S/C19H23FN2O2/c1-13-6-5-7-17(14(13)2)21-19(23)12-22(3)11-15-10-16(20)8-9-18(15)24-4/h5-10H,11-12H2,1-4H3,(H,21,23)/p+1. The summed E-state index contributed by atoms with van der Waals surface area (Å²) in [6.45, 7) is 4.78. The van der Waals surface area contributed by atoms with Gasteiger partial charge in [-0.2, -0.15) is 0 Å². The highest BCUT2D eigenvalue weighted by Crippen LogP contribution is 2.19. The zero-order valence-electron chi connectivity index (χ0n) is 14.6. The molecule has 2 aromatic rings. The van der Waals surface area contributed by atoms with E-state index in [4.69, 9.17) is 4.74 Å². The van der Waals surface area contributed by atoms with E-state index < -0.39 is 0 Å². The second kappa shape index (κ2) is 7.93. The predicted molar refractivity (Wildman–Crippen MR) is 93.0 cm³/mol. The molecule has 5 heteroatoms. The van der Waals surface area contributed by atoms with Gasteiger partial charge in [0.25, 0.3) is 5.91 Å². The topological polar surface area (TPSA) is 42.8 Å². The number of aryl methyl sites for hydroxylation is 1. The first-order chi connectivity index (χ1) is 11.4. The van der Waals surface area contributed by atoms with Crippen LogP contribution in [-0.4, -0.2) is 26.6 Å². The van der Waals surface area contributed by atoms with Crippen molar-refractivity contribution in [3.8, 4) is 5.75 Å². The molecule has 2 aromatic carbocycles. The molecule has 128 valence electrons. The number of nitrogens with one attached hydrogen (secondary N) is 2. The summed E-state index contributed by atoms with van der Waals surface area (Å²) in [5, 5.41) is 2.94. The zero-order chi connectivity index (χ0) is 17.7. The molecule has 0 aromatic heterocycles. The number of carbonyl (C=O) groups excluding carboxylic acids is 1. The summed E-state index contributed by atoms with van der Waals surface area (Å²) >= 11 is 0. The van der Waals surface area contributed by atoms with Crippen LogP contribution in [-0.2, 0) is 11.3 Å². The van der Waals surface area contributed by atoms with Crippen LogP contribution >= 0.6 is 0 Å². The van der Waals surface area contributed by atoms with Crippen LogP contribution in [0.2, 0.25) is 0 Å². The number of carbonyl (C=O) groups is 1. The van der Waals surface area contributed by atoms with E-state index >= 15 is 0 Å². The van der Waals surface area contributed by atoms with Crippen LogP contribution in [0.3, 0.4) is 0 Å². The quantitative estimate of drug-likeness (QED) is 0.851. The van der Waals surface area contributed by atoms with Gasteiger partial charge in [-0.25, -0.2) is 4.39 Å². The van der Waals surface area contributed by atoms with Crippen molar-refractivity contribution in [1.82, 2.24) is 0 Å². The molecule has 0 radical (unpaired) electrons. The maximum absolute atomic E-state index is 13.4. The van der Waals surface area contributed by atoms with E-state index in [0.29, 0.717) is 12.3 Å². The predicted octanol–water partition coefficient (Wildman–Crippen LogP) is 2.10. The summed E-state index contributed by atoms with van der Waals surface area (Å²) in [5.41, 5.74) is 3.78. The maximum Gasteiger partial charge on any atom is 0.279 e. The van der Waals surface area contributed by atoms with E-state index in [1.165, 1.54) is 12.1 Å². The van der Waals surface area contributed by atoms with Crippen LogP contribution in [0.4, 0.5) is 10.1 Å². The van der Waals surface area contributed by atoms with Crippen molar-refractivity contribution < 1.29 is 18.8 Å². The van der Waals surface area contributed by atoms with E-state index in [1.807, 2.05) is 39.1 Å². The number of rotatable bonds is 6. The van der Waals surface area contributed by atoms with Crippen molar-refractivity contribution >= 4 is 11.6 Å². The average Bonchev–Trinajstić information content (AvgIpc) is 2.52. The second-order valence-electron chi connectivity index (χ2n) is 6.06. The van der Waals surface area contributed by atoms with Crippen molar-refractivity contribution in [2.45, 2.75) is 20.4 Å². The SMILES string of the molecule is COc1ccc(F)cc1C[NH+](C)CC(=O)Nc1cccc(C)c1C. The number of amides is 1. The normalized spacial score (nSPS) is 11.9. The molecule has 0 spiro atoms. The Bertz CT molecular complexity index is 731. The monoisotopic (exact) mass is 331 g/mol. The highest BCUT2D eigenvalue weighted by molar-refractivity contribution is 5.92. The minimum absolute atomic E-state index is 0.0726. The molecular formula is C19H24FN2O2+. The van der Waals surface area contributed by atoms with Gasteiger partial charge in [-0.3, -0.25) is 4.79 Å². The molecule has 1 unspecified atom stereocenters. The van der Waals surface area contributed by atoms with Gasteiger partial charge in [0.2, 0.25) is 0 Å². The average molecular weight is 331 g/mol. The fraction of sp³-hybridized carbons (Fsp3) is 0.316. The Kier molecular flexibility index (Phi) is 5.93. The zero-order valence-corrected chi connectivity index (χ0v) is 14.6. The van der Waals surface area contributed by atoms with Crippen LogP contribution in [0.5, 0.6) is 5.75 Å². The second-order valence-corrected chi connectivity index (χ2v) is 6.06. The Morgan fingerprint density at radius 2 is 2.00 bits per heavy atom. The number of hydrogen-bond acceptors (Lipinski definition) is 2. The third-order valence-corrected chi connectivity index (χ3v) is 4.08. The van der Waals surface area contributed by atoms with Gasteiger partial charge in [-0.15, -0.1) is 0 Å². The fourth-order valence-corrected chi connectivity index (χ4v) is 2.63. The van der Waals surface area contributed by atoms with Gasteiger partial charge in [-0.05, 0) is 49.2 Å². The van der Waals surface area contributed by atoms with Crippen molar-refractivity contribution in [3.05, 3.63) is 58.9 Å². The molecular weight excluding hydrogens is 307 g/mol. The molecule has 0 aliphatic heterocycles. The molecule has 1 amide bonds. The number of benzene rings is 2. The Balaban J connectivity index is 1.99. The van der Waals surface area contributed by atoms with E-state index in [1.54, 1.807) is 13.2 Å². The molecule has 0 bridgehead atoms. The lowest BCUT2D eigenvalue weighted by Crippen LogP contribution is -3.08. The van der Waals surface area contributed by atoms with Crippen LogP contribution in [0.15, 0.2) is 36.4 Å². The Morgan fingerprint density at radius 3 is 2.71 bits per heavy atom. The van der Waals surface area contributed by atoms with Gasteiger partial charge >= 0.3 is 0 Å². The van der Waals surface area contributed by atoms with Gasteiger partial charge in [0.1, 0.15) is 18.1 Å². The molecule has 24 heavy (non-hydrogen) atoms. The maximum atomic E-state index is 13.4. The van der Waals surface area contributed by atoms with Crippen LogP contribution in [0, 0.1) is 19.7 Å². The third kappa shape index (κ3) is 4.55. The summed E-state index contributed by atoms with van der Waals surface area (Å²) in [5.74, 6) is 0.251. The molecule has 1 atom stereocenters. The first-order valence-electron chi connectivity index (χ1n) is 7.90. The lowest BCUT2D eigenvalue weighted by molar-refractivity contribution is -0.885. The van der Waals surface area contributed by atoms with Gasteiger partial charge in [-0.1, -0.05) is 12.1 Å². The lowest BCUT2D eigenvalue weighted by Gasteiger charge is -2.16. The molecule has 0 fully saturated rings. The van der Waals surface area contributed by atoms with E-state index in [-0.39, 0.29) is 18.3 Å². The van der Waals surface area contributed by atoms with E-state index in [0.717, 1.165) is 27.3 Å². The third-order valence-electron chi connectivity index (χ3n) is 4.08. The molecule has 0 aliphatic carbocycles. The van der Waals surface area contributed by atoms with Crippen molar-refractivity contribution in [1.29, 1.82) is 0 Å². The summed E-state index contributed by atoms with van der Waals surface area (Å²) in [6.07, 6.45) is 0. The molecule has 2 rings (SSSR count). The number of likely N-dealkylation sites (N-methyl/N-ethyl adjacent to an activating group) is 1. The molecule has 0 heterocycles. The van der Waals surface area contributed by atoms with Gasteiger partial charge < -0.3 is 15.0 Å².